The van der Waals surface area contributed by atoms with Crippen molar-refractivity contribution >= 4 is 5.91 Å². The molecule has 0 bridgehead atoms. The Morgan fingerprint density at radius 2 is 1.76 bits per heavy atom. The molecule has 1 heterocycles. The Balaban J connectivity index is 2.12. The second-order valence-electron chi connectivity index (χ2n) is 5.33. The first-order valence-electron chi connectivity index (χ1n) is 7.03. The van der Waals surface area contributed by atoms with E-state index in [1.807, 2.05) is 44.2 Å². The van der Waals surface area contributed by atoms with Crippen molar-refractivity contribution in [2.75, 3.05) is 0 Å². The summed E-state index contributed by atoms with van der Waals surface area (Å²) < 4.78 is 0. The highest BCUT2D eigenvalue weighted by Gasteiger charge is 2.23. The van der Waals surface area contributed by atoms with Crippen molar-refractivity contribution in [2.24, 2.45) is 5.92 Å². The fourth-order valence-electron chi connectivity index (χ4n) is 2.22. The first-order chi connectivity index (χ1) is 10.1. The standard InChI is InChI=1S/C17H20N2O2/c1-12(2)15(13-7-4-3-5-8-13)19-17(21)16(20)14-9-6-10-18-11-14/h3-12,15-16,20H,1-2H3,(H,19,21)/t15-,16?/m1/s1. The van der Waals surface area contributed by atoms with E-state index in [4.69, 9.17) is 0 Å². The quantitative estimate of drug-likeness (QED) is 0.887. The van der Waals surface area contributed by atoms with Crippen LogP contribution in [-0.4, -0.2) is 16.0 Å². The van der Waals surface area contributed by atoms with Crippen LogP contribution in [-0.2, 0) is 4.79 Å². The van der Waals surface area contributed by atoms with E-state index < -0.39 is 12.0 Å². The van der Waals surface area contributed by atoms with Gasteiger partial charge >= 0.3 is 0 Å². The van der Waals surface area contributed by atoms with Gasteiger partial charge < -0.3 is 10.4 Å². The maximum atomic E-state index is 12.2. The Morgan fingerprint density at radius 3 is 2.33 bits per heavy atom. The van der Waals surface area contributed by atoms with Crippen LogP contribution in [0.2, 0.25) is 0 Å². The molecule has 0 aliphatic rings. The predicted octanol–water partition coefficient (Wildman–Crippen LogP) is 2.63. The molecular formula is C17H20N2O2. The summed E-state index contributed by atoms with van der Waals surface area (Å²) >= 11 is 0. The molecule has 0 radical (unpaired) electrons. The molecule has 0 saturated heterocycles. The summed E-state index contributed by atoms with van der Waals surface area (Å²) in [7, 11) is 0. The topological polar surface area (TPSA) is 62.2 Å². The van der Waals surface area contributed by atoms with Crippen LogP contribution in [0, 0.1) is 5.92 Å². The Morgan fingerprint density at radius 1 is 1.10 bits per heavy atom. The number of aliphatic hydroxyl groups is 1. The van der Waals surface area contributed by atoms with E-state index in [0.29, 0.717) is 5.56 Å². The monoisotopic (exact) mass is 284 g/mol. The highest BCUT2D eigenvalue weighted by Crippen LogP contribution is 2.22. The fraction of sp³-hybridized carbons (Fsp3) is 0.294. The molecule has 2 rings (SSSR count). The number of hydrogen-bond acceptors (Lipinski definition) is 3. The lowest BCUT2D eigenvalue weighted by Gasteiger charge is -2.24. The molecule has 21 heavy (non-hydrogen) atoms. The lowest BCUT2D eigenvalue weighted by Crippen LogP contribution is -2.35. The van der Waals surface area contributed by atoms with Crippen molar-refractivity contribution < 1.29 is 9.90 Å². The van der Waals surface area contributed by atoms with E-state index in [9.17, 15) is 9.90 Å². The summed E-state index contributed by atoms with van der Waals surface area (Å²) in [6.07, 6.45) is 1.90. The van der Waals surface area contributed by atoms with Gasteiger partial charge in [0.15, 0.2) is 6.10 Å². The van der Waals surface area contributed by atoms with Crippen LogP contribution >= 0.6 is 0 Å². The molecule has 1 amide bonds. The van der Waals surface area contributed by atoms with Gasteiger partial charge in [0.05, 0.1) is 6.04 Å². The third-order valence-electron chi connectivity index (χ3n) is 3.37. The van der Waals surface area contributed by atoms with E-state index in [1.54, 1.807) is 18.3 Å². The third kappa shape index (κ3) is 3.89. The van der Waals surface area contributed by atoms with Crippen molar-refractivity contribution in [3.05, 3.63) is 66.0 Å². The molecule has 1 aromatic carbocycles. The Hall–Kier alpha value is -2.20. The van der Waals surface area contributed by atoms with E-state index in [2.05, 4.69) is 10.3 Å². The number of nitrogens with zero attached hydrogens (tertiary/aromatic N) is 1. The van der Waals surface area contributed by atoms with E-state index >= 15 is 0 Å². The largest absolute Gasteiger partial charge is 0.378 e. The second-order valence-corrected chi connectivity index (χ2v) is 5.33. The number of rotatable bonds is 5. The number of benzene rings is 1. The predicted molar refractivity (Wildman–Crippen MR) is 81.4 cm³/mol. The highest BCUT2D eigenvalue weighted by molar-refractivity contribution is 5.82. The van der Waals surface area contributed by atoms with Crippen LogP contribution in [0.3, 0.4) is 0 Å². The van der Waals surface area contributed by atoms with Crippen molar-refractivity contribution in [1.29, 1.82) is 0 Å². The van der Waals surface area contributed by atoms with E-state index in [-0.39, 0.29) is 12.0 Å². The van der Waals surface area contributed by atoms with Gasteiger partial charge in [-0.1, -0.05) is 50.2 Å². The average molecular weight is 284 g/mol. The number of aromatic nitrogens is 1. The van der Waals surface area contributed by atoms with Crippen molar-refractivity contribution in [3.8, 4) is 0 Å². The van der Waals surface area contributed by atoms with Gasteiger partial charge in [-0.05, 0) is 17.5 Å². The molecule has 1 aromatic heterocycles. The van der Waals surface area contributed by atoms with Crippen LogP contribution in [0.1, 0.15) is 37.1 Å². The molecule has 0 spiro atoms. The summed E-state index contributed by atoms with van der Waals surface area (Å²) in [6, 6.07) is 13.0. The maximum Gasteiger partial charge on any atom is 0.254 e. The number of pyridine rings is 1. The van der Waals surface area contributed by atoms with Gasteiger partial charge in [0, 0.05) is 18.0 Å². The van der Waals surface area contributed by atoms with E-state index in [0.717, 1.165) is 5.56 Å². The Labute approximate surface area is 124 Å². The number of carbonyl (C=O) groups excluding carboxylic acids is 1. The minimum Gasteiger partial charge on any atom is -0.378 e. The molecule has 110 valence electrons. The molecule has 0 fully saturated rings. The molecule has 0 aliphatic carbocycles. The fourth-order valence-corrected chi connectivity index (χ4v) is 2.22. The summed E-state index contributed by atoms with van der Waals surface area (Å²) in [5.74, 6) is -0.192. The molecule has 2 aromatic rings. The SMILES string of the molecule is CC(C)[C@@H](NC(=O)C(O)c1cccnc1)c1ccccc1. The zero-order valence-electron chi connectivity index (χ0n) is 12.2. The van der Waals surface area contributed by atoms with Crippen LogP contribution < -0.4 is 5.32 Å². The molecule has 4 nitrogen and oxygen atoms in total. The molecule has 4 heteroatoms. The summed E-state index contributed by atoms with van der Waals surface area (Å²) in [6.45, 7) is 4.07. The first kappa shape index (κ1) is 15.2. The van der Waals surface area contributed by atoms with E-state index in [1.165, 1.54) is 6.20 Å². The van der Waals surface area contributed by atoms with Gasteiger partial charge in [0.2, 0.25) is 0 Å². The van der Waals surface area contributed by atoms with Gasteiger partial charge in [-0.3, -0.25) is 9.78 Å². The molecule has 1 unspecified atom stereocenters. The zero-order chi connectivity index (χ0) is 15.2. The number of amides is 1. The average Bonchev–Trinajstić information content (AvgIpc) is 2.53. The number of carbonyl (C=O) groups is 1. The van der Waals surface area contributed by atoms with Gasteiger partial charge in [-0.25, -0.2) is 0 Å². The van der Waals surface area contributed by atoms with Crippen LogP contribution in [0.4, 0.5) is 0 Å². The third-order valence-corrected chi connectivity index (χ3v) is 3.37. The summed E-state index contributed by atoms with van der Waals surface area (Å²) in [5.41, 5.74) is 1.52. The molecule has 2 N–H and O–H groups in total. The molecule has 2 atom stereocenters. The lowest BCUT2D eigenvalue weighted by molar-refractivity contribution is -0.130. The minimum absolute atomic E-state index is 0.134. The number of aliphatic hydroxyl groups excluding tert-OH is 1. The van der Waals surface area contributed by atoms with Gasteiger partial charge in [-0.2, -0.15) is 0 Å². The van der Waals surface area contributed by atoms with Crippen molar-refractivity contribution in [2.45, 2.75) is 26.0 Å². The first-order valence-corrected chi connectivity index (χ1v) is 7.03. The Kier molecular flexibility index (Phi) is 5.06. The van der Waals surface area contributed by atoms with Gasteiger partial charge in [-0.15, -0.1) is 0 Å². The normalized spacial score (nSPS) is 13.7. The molecule has 0 aliphatic heterocycles. The van der Waals surface area contributed by atoms with Crippen LogP contribution in [0.25, 0.3) is 0 Å². The van der Waals surface area contributed by atoms with Gasteiger partial charge in [0.1, 0.15) is 0 Å². The van der Waals surface area contributed by atoms with Crippen molar-refractivity contribution in [3.63, 3.8) is 0 Å². The highest BCUT2D eigenvalue weighted by atomic mass is 16.3. The summed E-state index contributed by atoms with van der Waals surface area (Å²) in [5, 5.41) is 13.0. The summed E-state index contributed by atoms with van der Waals surface area (Å²) in [4.78, 5) is 16.2. The Bertz CT molecular complexity index is 570. The van der Waals surface area contributed by atoms with Crippen molar-refractivity contribution in [1.82, 2.24) is 10.3 Å². The number of hydrogen-bond donors (Lipinski definition) is 2. The smallest absolute Gasteiger partial charge is 0.254 e. The van der Waals surface area contributed by atoms with Crippen LogP contribution in [0.15, 0.2) is 54.9 Å². The molecule has 0 saturated carbocycles. The molecular weight excluding hydrogens is 264 g/mol. The van der Waals surface area contributed by atoms with Gasteiger partial charge in [0.25, 0.3) is 5.91 Å². The minimum atomic E-state index is -1.20. The lowest BCUT2D eigenvalue weighted by atomic mass is 9.95. The number of nitrogens with one attached hydrogen (secondary N) is 1. The zero-order valence-corrected chi connectivity index (χ0v) is 12.2. The second kappa shape index (κ2) is 6.99. The van der Waals surface area contributed by atoms with Crippen LogP contribution in [0.5, 0.6) is 0 Å². The maximum absolute atomic E-state index is 12.2.